The van der Waals surface area contributed by atoms with E-state index >= 15 is 0 Å². The molecule has 0 saturated heterocycles. The molecule has 30 heavy (non-hydrogen) atoms. The molecule has 2 amide bonds. The molecule has 0 aliphatic carbocycles. The summed E-state index contributed by atoms with van der Waals surface area (Å²) in [4.78, 5) is 30.1. The number of rotatable bonds is 3. The summed E-state index contributed by atoms with van der Waals surface area (Å²) in [6, 6.07) is 14.8. The van der Waals surface area contributed by atoms with Crippen molar-refractivity contribution in [2.24, 2.45) is 0 Å². The zero-order valence-electron chi connectivity index (χ0n) is 15.5. The van der Waals surface area contributed by atoms with Gasteiger partial charge in [-0.25, -0.2) is 4.98 Å². The number of alkyl halides is 3. The quantitative estimate of drug-likeness (QED) is 0.614. The van der Waals surface area contributed by atoms with Gasteiger partial charge in [-0.2, -0.15) is 13.2 Å². The van der Waals surface area contributed by atoms with Gasteiger partial charge in [0.2, 0.25) is 11.8 Å². The number of carbonyl (C=O) groups excluding carboxylic acids is 2. The Bertz CT molecular complexity index is 1120. The fraction of sp³-hybridized carbons (Fsp3) is 0.190. The predicted octanol–water partition coefficient (Wildman–Crippen LogP) is 4.63. The summed E-state index contributed by atoms with van der Waals surface area (Å²) in [6.07, 6.45) is -5.61. The van der Waals surface area contributed by atoms with Crippen LogP contribution in [0.5, 0.6) is 0 Å². The Morgan fingerprint density at radius 2 is 1.83 bits per heavy atom. The molecule has 3 aromatic rings. The average Bonchev–Trinajstić information content (AvgIpc) is 2.87. The van der Waals surface area contributed by atoms with Crippen LogP contribution in [-0.2, 0) is 9.59 Å². The Hall–Kier alpha value is -3.07. The van der Waals surface area contributed by atoms with E-state index in [0.717, 1.165) is 22.7 Å². The molecule has 1 N–H and O–H groups in total. The summed E-state index contributed by atoms with van der Waals surface area (Å²) in [6.45, 7) is 0. The molecule has 154 valence electrons. The van der Waals surface area contributed by atoms with E-state index in [1.807, 2.05) is 30.3 Å². The van der Waals surface area contributed by atoms with Crippen LogP contribution in [0.1, 0.15) is 6.42 Å². The van der Waals surface area contributed by atoms with Gasteiger partial charge >= 0.3 is 6.18 Å². The Balaban J connectivity index is 1.63. The topological polar surface area (TPSA) is 62.3 Å². The number of amides is 2. The first-order valence-corrected chi connectivity index (χ1v) is 10.1. The molecule has 9 heteroatoms. The maximum Gasteiger partial charge on any atom is 0.409 e. The Labute approximate surface area is 174 Å². The summed E-state index contributed by atoms with van der Waals surface area (Å²) in [5.74, 6) is -1.79. The van der Waals surface area contributed by atoms with Crippen molar-refractivity contribution in [1.29, 1.82) is 0 Å². The molecule has 5 nitrogen and oxygen atoms in total. The van der Waals surface area contributed by atoms with E-state index < -0.39 is 30.5 Å². The third-order valence-electron chi connectivity index (χ3n) is 4.69. The van der Waals surface area contributed by atoms with Gasteiger partial charge < -0.3 is 5.32 Å². The molecule has 1 aliphatic heterocycles. The van der Waals surface area contributed by atoms with Crippen molar-refractivity contribution >= 4 is 45.9 Å². The molecule has 0 spiro atoms. The standard InChI is InChI=1S/C21H16F3N3O2S/c22-21(23,24)17-11-18(28)25-15-7-3-4-8-16(15)27(17)20(29)12-30-19-10-9-13-5-1-2-6-14(13)26-19/h1-10,17H,11-12H2,(H,25,28). The number of nitrogens with zero attached hydrogens (tertiary/aromatic N) is 2. The van der Waals surface area contributed by atoms with Crippen LogP contribution in [-0.4, -0.2) is 34.8 Å². The lowest BCUT2D eigenvalue weighted by Crippen LogP contribution is -2.50. The summed E-state index contributed by atoms with van der Waals surface area (Å²) < 4.78 is 41.2. The first-order chi connectivity index (χ1) is 14.3. The number of nitrogens with one attached hydrogen (secondary N) is 1. The molecule has 1 unspecified atom stereocenters. The number of hydrogen-bond acceptors (Lipinski definition) is 4. The van der Waals surface area contributed by atoms with E-state index in [2.05, 4.69) is 10.3 Å². The molecule has 4 rings (SSSR count). The number of benzene rings is 2. The van der Waals surface area contributed by atoms with Crippen LogP contribution in [0.3, 0.4) is 0 Å². The predicted molar refractivity (Wildman–Crippen MR) is 109 cm³/mol. The minimum Gasteiger partial charge on any atom is -0.324 e. The van der Waals surface area contributed by atoms with Crippen LogP contribution in [0.15, 0.2) is 65.7 Å². The zero-order valence-corrected chi connectivity index (χ0v) is 16.3. The molecular formula is C21H16F3N3O2S. The van der Waals surface area contributed by atoms with Gasteiger partial charge in [0.15, 0.2) is 0 Å². The zero-order chi connectivity index (χ0) is 21.3. The molecule has 0 bridgehead atoms. The molecule has 2 aromatic carbocycles. The highest BCUT2D eigenvalue weighted by molar-refractivity contribution is 7.99. The third-order valence-corrected chi connectivity index (χ3v) is 5.61. The van der Waals surface area contributed by atoms with Gasteiger partial charge in [0.25, 0.3) is 0 Å². The molecule has 0 fully saturated rings. The van der Waals surface area contributed by atoms with Gasteiger partial charge in [-0.1, -0.05) is 48.2 Å². The lowest BCUT2D eigenvalue weighted by molar-refractivity contribution is -0.157. The SMILES string of the molecule is O=C1CC(C(F)(F)F)N(C(=O)CSc2ccc3ccccc3n2)c2ccccc2N1. The van der Waals surface area contributed by atoms with Gasteiger partial charge in [-0.3, -0.25) is 14.5 Å². The fourth-order valence-corrected chi connectivity index (χ4v) is 4.07. The first-order valence-electron chi connectivity index (χ1n) is 9.09. The van der Waals surface area contributed by atoms with E-state index in [9.17, 15) is 22.8 Å². The minimum atomic E-state index is -4.75. The molecule has 1 aromatic heterocycles. The number of thioether (sulfide) groups is 1. The van der Waals surface area contributed by atoms with Gasteiger partial charge in [0, 0.05) is 5.39 Å². The monoisotopic (exact) mass is 431 g/mol. The molecular weight excluding hydrogens is 415 g/mol. The first kappa shape index (κ1) is 20.2. The number of fused-ring (bicyclic) bond motifs is 2. The summed E-state index contributed by atoms with van der Waals surface area (Å²) in [5.41, 5.74) is 0.942. The second kappa shape index (κ2) is 7.98. The second-order valence-electron chi connectivity index (χ2n) is 6.72. The Morgan fingerprint density at radius 1 is 1.10 bits per heavy atom. The highest BCUT2D eigenvalue weighted by Gasteiger charge is 2.48. The Kier molecular flexibility index (Phi) is 5.38. The maximum absolute atomic E-state index is 13.7. The van der Waals surface area contributed by atoms with E-state index in [0.29, 0.717) is 9.93 Å². The van der Waals surface area contributed by atoms with Crippen molar-refractivity contribution in [3.63, 3.8) is 0 Å². The number of pyridine rings is 1. The van der Waals surface area contributed by atoms with Crippen LogP contribution >= 0.6 is 11.8 Å². The van der Waals surface area contributed by atoms with Crippen LogP contribution in [0.2, 0.25) is 0 Å². The van der Waals surface area contributed by atoms with Crippen LogP contribution in [0.4, 0.5) is 24.5 Å². The largest absolute Gasteiger partial charge is 0.409 e. The van der Waals surface area contributed by atoms with Gasteiger partial charge in [-0.15, -0.1) is 0 Å². The van der Waals surface area contributed by atoms with Crippen molar-refractivity contribution in [3.05, 3.63) is 60.7 Å². The van der Waals surface area contributed by atoms with E-state index in [4.69, 9.17) is 0 Å². The van der Waals surface area contributed by atoms with Crippen LogP contribution in [0, 0.1) is 0 Å². The molecule has 1 atom stereocenters. The van der Waals surface area contributed by atoms with Crippen molar-refractivity contribution in [1.82, 2.24) is 4.98 Å². The van der Waals surface area contributed by atoms with Crippen molar-refractivity contribution in [3.8, 4) is 0 Å². The summed E-state index contributed by atoms with van der Waals surface area (Å²) in [7, 11) is 0. The number of halogens is 3. The van der Waals surface area contributed by atoms with E-state index in [1.54, 1.807) is 12.1 Å². The number of hydrogen-bond donors (Lipinski definition) is 1. The van der Waals surface area contributed by atoms with Gasteiger partial charge in [-0.05, 0) is 24.3 Å². The van der Waals surface area contributed by atoms with E-state index in [-0.39, 0.29) is 17.1 Å². The number of para-hydroxylation sites is 3. The van der Waals surface area contributed by atoms with Crippen LogP contribution < -0.4 is 10.2 Å². The average molecular weight is 431 g/mol. The fourth-order valence-electron chi connectivity index (χ4n) is 3.33. The highest BCUT2D eigenvalue weighted by atomic mass is 32.2. The normalized spacial score (nSPS) is 16.7. The van der Waals surface area contributed by atoms with Crippen LogP contribution in [0.25, 0.3) is 10.9 Å². The number of carbonyl (C=O) groups is 2. The lowest BCUT2D eigenvalue weighted by Gasteiger charge is -2.31. The van der Waals surface area contributed by atoms with Gasteiger partial charge in [0.1, 0.15) is 6.04 Å². The molecule has 0 radical (unpaired) electrons. The smallest absolute Gasteiger partial charge is 0.324 e. The highest BCUT2D eigenvalue weighted by Crippen LogP contribution is 2.38. The van der Waals surface area contributed by atoms with Crippen molar-refractivity contribution in [2.45, 2.75) is 23.7 Å². The lowest BCUT2D eigenvalue weighted by atomic mass is 10.1. The van der Waals surface area contributed by atoms with E-state index in [1.165, 1.54) is 18.2 Å². The minimum absolute atomic E-state index is 0.0303. The van der Waals surface area contributed by atoms with Gasteiger partial charge in [0.05, 0.1) is 34.1 Å². The van der Waals surface area contributed by atoms with Crippen molar-refractivity contribution < 1.29 is 22.8 Å². The molecule has 0 saturated carbocycles. The second-order valence-corrected chi connectivity index (χ2v) is 7.72. The summed E-state index contributed by atoms with van der Waals surface area (Å²) >= 11 is 1.06. The summed E-state index contributed by atoms with van der Waals surface area (Å²) in [5, 5.41) is 3.91. The third kappa shape index (κ3) is 4.11. The molecule has 2 heterocycles. The Morgan fingerprint density at radius 3 is 2.63 bits per heavy atom. The molecule has 1 aliphatic rings. The number of aromatic nitrogens is 1. The van der Waals surface area contributed by atoms with Crippen molar-refractivity contribution in [2.75, 3.05) is 16.0 Å². The maximum atomic E-state index is 13.7. The number of anilines is 2.